The van der Waals surface area contributed by atoms with Gasteiger partial charge in [0.25, 0.3) is 0 Å². The molecule has 0 aliphatic heterocycles. The van der Waals surface area contributed by atoms with Crippen LogP contribution >= 0.6 is 0 Å². The van der Waals surface area contributed by atoms with Crippen LogP contribution in [0.25, 0.3) is 11.4 Å². The monoisotopic (exact) mass is 350 g/mol. The molecule has 134 valence electrons. The zero-order valence-electron chi connectivity index (χ0n) is 14.9. The van der Waals surface area contributed by atoms with Crippen molar-refractivity contribution in [2.24, 2.45) is 0 Å². The molecule has 0 radical (unpaired) electrons. The standard InChI is InChI=1S/C19H22N6O/c1-13(24-18(26)5-3-4-15-10-22-23-11-15)17-12-21-19(25-14(17)2)16-6-8-20-9-7-16/h6-13H,3-5H2,1-2H3,(H,22,23)(H,24,26)/t13-/m0/s1. The largest absolute Gasteiger partial charge is 0.349 e. The fourth-order valence-electron chi connectivity index (χ4n) is 2.80. The maximum atomic E-state index is 12.2. The van der Waals surface area contributed by atoms with E-state index in [4.69, 9.17) is 0 Å². The number of carbonyl (C=O) groups excluding carboxylic acids is 1. The molecule has 0 aliphatic rings. The summed E-state index contributed by atoms with van der Waals surface area (Å²) in [5.74, 6) is 0.686. The van der Waals surface area contributed by atoms with Crippen molar-refractivity contribution >= 4 is 5.91 Å². The first-order valence-corrected chi connectivity index (χ1v) is 8.64. The van der Waals surface area contributed by atoms with E-state index in [0.717, 1.165) is 35.2 Å². The summed E-state index contributed by atoms with van der Waals surface area (Å²) in [6, 6.07) is 3.61. The first-order valence-electron chi connectivity index (χ1n) is 8.64. The van der Waals surface area contributed by atoms with Crippen molar-refractivity contribution in [1.29, 1.82) is 0 Å². The van der Waals surface area contributed by atoms with E-state index in [1.54, 1.807) is 24.8 Å². The van der Waals surface area contributed by atoms with Gasteiger partial charge in [0.2, 0.25) is 5.91 Å². The minimum atomic E-state index is -0.136. The highest BCUT2D eigenvalue weighted by Gasteiger charge is 2.14. The molecule has 3 aromatic rings. The molecule has 0 bridgehead atoms. The normalized spacial score (nSPS) is 11.9. The van der Waals surface area contributed by atoms with Crippen molar-refractivity contribution in [3.63, 3.8) is 0 Å². The van der Waals surface area contributed by atoms with Crippen LogP contribution < -0.4 is 5.32 Å². The highest BCUT2D eigenvalue weighted by atomic mass is 16.1. The Morgan fingerprint density at radius 3 is 2.77 bits per heavy atom. The molecule has 7 nitrogen and oxygen atoms in total. The van der Waals surface area contributed by atoms with Crippen molar-refractivity contribution < 1.29 is 4.79 Å². The molecule has 3 aromatic heterocycles. The highest BCUT2D eigenvalue weighted by molar-refractivity contribution is 5.76. The molecular weight excluding hydrogens is 328 g/mol. The van der Waals surface area contributed by atoms with Gasteiger partial charge in [0.15, 0.2) is 5.82 Å². The van der Waals surface area contributed by atoms with E-state index in [9.17, 15) is 4.79 Å². The van der Waals surface area contributed by atoms with Gasteiger partial charge in [0.05, 0.1) is 12.2 Å². The summed E-state index contributed by atoms with van der Waals surface area (Å²) in [6.45, 7) is 3.88. The fraction of sp³-hybridized carbons (Fsp3) is 0.316. The second-order valence-corrected chi connectivity index (χ2v) is 6.22. The smallest absolute Gasteiger partial charge is 0.220 e. The van der Waals surface area contributed by atoms with Crippen molar-refractivity contribution in [3.05, 3.63) is 59.9 Å². The molecule has 3 heterocycles. The molecule has 7 heteroatoms. The van der Waals surface area contributed by atoms with Crippen LogP contribution in [0.15, 0.2) is 43.1 Å². The van der Waals surface area contributed by atoms with Crippen LogP contribution in [0.5, 0.6) is 0 Å². The van der Waals surface area contributed by atoms with Crippen LogP contribution in [0.4, 0.5) is 0 Å². The molecule has 26 heavy (non-hydrogen) atoms. The number of rotatable bonds is 7. The summed E-state index contributed by atoms with van der Waals surface area (Å²) in [6.07, 6.45) is 11.0. The molecule has 0 spiro atoms. The Morgan fingerprint density at radius 2 is 2.08 bits per heavy atom. The van der Waals surface area contributed by atoms with E-state index in [0.29, 0.717) is 12.2 Å². The lowest BCUT2D eigenvalue weighted by Crippen LogP contribution is -2.27. The minimum Gasteiger partial charge on any atom is -0.349 e. The first kappa shape index (κ1) is 17.7. The third-order valence-electron chi connectivity index (χ3n) is 4.22. The topological polar surface area (TPSA) is 96.5 Å². The molecular formula is C19H22N6O. The number of aromatic nitrogens is 5. The van der Waals surface area contributed by atoms with Crippen molar-refractivity contribution in [1.82, 2.24) is 30.5 Å². The summed E-state index contributed by atoms with van der Waals surface area (Å²) in [5, 5.41) is 9.70. The number of amides is 1. The van der Waals surface area contributed by atoms with E-state index < -0.39 is 0 Å². The minimum absolute atomic E-state index is 0.0265. The lowest BCUT2D eigenvalue weighted by molar-refractivity contribution is -0.121. The number of H-pyrrole nitrogens is 1. The Labute approximate surface area is 152 Å². The fourth-order valence-corrected chi connectivity index (χ4v) is 2.80. The summed E-state index contributed by atoms with van der Waals surface area (Å²) in [4.78, 5) is 25.2. The third kappa shape index (κ3) is 4.50. The molecule has 1 atom stereocenters. The van der Waals surface area contributed by atoms with Gasteiger partial charge in [-0.25, -0.2) is 9.97 Å². The van der Waals surface area contributed by atoms with Crippen molar-refractivity contribution in [2.75, 3.05) is 0 Å². The van der Waals surface area contributed by atoms with E-state index in [-0.39, 0.29) is 11.9 Å². The second-order valence-electron chi connectivity index (χ2n) is 6.22. The number of carbonyl (C=O) groups is 1. The van der Waals surface area contributed by atoms with E-state index in [2.05, 4.69) is 30.5 Å². The van der Waals surface area contributed by atoms with Gasteiger partial charge in [-0.15, -0.1) is 0 Å². The Kier molecular flexibility index (Phi) is 5.68. The molecule has 2 N–H and O–H groups in total. The van der Waals surface area contributed by atoms with Gasteiger partial charge in [-0.05, 0) is 44.4 Å². The molecule has 0 fully saturated rings. The third-order valence-corrected chi connectivity index (χ3v) is 4.22. The summed E-state index contributed by atoms with van der Waals surface area (Å²) in [5.41, 5.74) is 3.82. The molecule has 0 aliphatic carbocycles. The lowest BCUT2D eigenvalue weighted by Gasteiger charge is -2.16. The zero-order chi connectivity index (χ0) is 18.4. The van der Waals surface area contributed by atoms with E-state index in [1.165, 1.54) is 0 Å². The van der Waals surface area contributed by atoms with Crippen LogP contribution in [0.1, 0.15) is 42.6 Å². The van der Waals surface area contributed by atoms with E-state index >= 15 is 0 Å². The predicted molar refractivity (Wildman–Crippen MR) is 98.1 cm³/mol. The van der Waals surface area contributed by atoms with Gasteiger partial charge in [-0.3, -0.25) is 14.9 Å². The molecule has 0 saturated carbocycles. The molecule has 1 amide bonds. The highest BCUT2D eigenvalue weighted by Crippen LogP contribution is 2.19. The predicted octanol–water partition coefficient (Wildman–Crippen LogP) is 2.77. The zero-order valence-corrected chi connectivity index (χ0v) is 14.9. The van der Waals surface area contributed by atoms with Crippen molar-refractivity contribution in [3.8, 4) is 11.4 Å². The van der Waals surface area contributed by atoms with Crippen LogP contribution in [-0.2, 0) is 11.2 Å². The summed E-state index contributed by atoms with van der Waals surface area (Å²) >= 11 is 0. The summed E-state index contributed by atoms with van der Waals surface area (Å²) in [7, 11) is 0. The van der Waals surface area contributed by atoms with Gasteiger partial charge in [-0.1, -0.05) is 0 Å². The van der Waals surface area contributed by atoms with Crippen LogP contribution in [0.3, 0.4) is 0 Å². The molecule has 0 unspecified atom stereocenters. The Balaban J connectivity index is 1.57. The number of nitrogens with zero attached hydrogens (tertiary/aromatic N) is 4. The maximum absolute atomic E-state index is 12.2. The Hall–Kier alpha value is -3.09. The molecule has 3 rings (SSSR count). The van der Waals surface area contributed by atoms with Gasteiger partial charge < -0.3 is 5.32 Å². The van der Waals surface area contributed by atoms with Gasteiger partial charge >= 0.3 is 0 Å². The average molecular weight is 350 g/mol. The number of nitrogens with one attached hydrogen (secondary N) is 2. The van der Waals surface area contributed by atoms with Crippen LogP contribution in [-0.4, -0.2) is 31.1 Å². The average Bonchev–Trinajstić information content (AvgIpc) is 3.15. The SMILES string of the molecule is Cc1nc(-c2ccncc2)ncc1[C@H](C)NC(=O)CCCc1cn[nH]c1. The van der Waals surface area contributed by atoms with E-state index in [1.807, 2.05) is 32.2 Å². The summed E-state index contributed by atoms with van der Waals surface area (Å²) < 4.78 is 0. The second kappa shape index (κ2) is 8.33. The Bertz CT molecular complexity index is 848. The van der Waals surface area contributed by atoms with Gasteiger partial charge in [0.1, 0.15) is 0 Å². The lowest BCUT2D eigenvalue weighted by atomic mass is 10.1. The van der Waals surface area contributed by atoms with Crippen molar-refractivity contribution in [2.45, 2.75) is 39.2 Å². The van der Waals surface area contributed by atoms with Gasteiger partial charge in [0, 0.05) is 48.0 Å². The van der Waals surface area contributed by atoms with Crippen LogP contribution in [0, 0.1) is 6.92 Å². The van der Waals surface area contributed by atoms with Crippen LogP contribution in [0.2, 0.25) is 0 Å². The Morgan fingerprint density at radius 1 is 1.27 bits per heavy atom. The molecule has 0 saturated heterocycles. The molecule has 0 aromatic carbocycles. The maximum Gasteiger partial charge on any atom is 0.220 e. The quantitative estimate of drug-likeness (QED) is 0.683. The number of aryl methyl sites for hydroxylation is 2. The number of hydrogen-bond donors (Lipinski definition) is 2. The number of hydrogen-bond acceptors (Lipinski definition) is 5. The number of pyridine rings is 1. The van der Waals surface area contributed by atoms with Gasteiger partial charge in [-0.2, -0.15) is 5.10 Å². The number of aromatic amines is 1. The first-order chi connectivity index (χ1) is 12.6.